The number of halogens is 1. The first-order valence-corrected chi connectivity index (χ1v) is 10.0. The van der Waals surface area contributed by atoms with E-state index in [9.17, 15) is 8.42 Å². The van der Waals surface area contributed by atoms with Gasteiger partial charge in [-0.05, 0) is 48.9 Å². The number of anilines is 1. The van der Waals surface area contributed by atoms with Crippen molar-refractivity contribution in [2.24, 2.45) is 0 Å². The molecule has 1 saturated heterocycles. The second-order valence-electron chi connectivity index (χ2n) is 5.99. The number of morpholine rings is 1. The summed E-state index contributed by atoms with van der Waals surface area (Å²) in [6.45, 7) is 5.05. The van der Waals surface area contributed by atoms with Gasteiger partial charge in [0.25, 0.3) is 0 Å². The van der Waals surface area contributed by atoms with Crippen LogP contribution < -0.4 is 9.62 Å². The van der Waals surface area contributed by atoms with E-state index in [1.807, 2.05) is 31.2 Å². The minimum atomic E-state index is -3.59. The van der Waals surface area contributed by atoms with E-state index < -0.39 is 10.0 Å². The van der Waals surface area contributed by atoms with E-state index in [0.29, 0.717) is 5.02 Å². The van der Waals surface area contributed by atoms with Crippen molar-refractivity contribution in [1.82, 2.24) is 4.72 Å². The Morgan fingerprint density at radius 3 is 2.24 bits per heavy atom. The van der Waals surface area contributed by atoms with Crippen molar-refractivity contribution in [2.45, 2.75) is 17.9 Å². The number of hydrogen-bond acceptors (Lipinski definition) is 4. The van der Waals surface area contributed by atoms with Gasteiger partial charge in [-0.15, -0.1) is 0 Å². The molecule has 0 bridgehead atoms. The van der Waals surface area contributed by atoms with Crippen molar-refractivity contribution in [3.8, 4) is 0 Å². The van der Waals surface area contributed by atoms with Crippen LogP contribution in [0.5, 0.6) is 0 Å². The molecule has 0 spiro atoms. The highest BCUT2D eigenvalue weighted by Crippen LogP contribution is 2.22. The Kier molecular flexibility index (Phi) is 5.64. The monoisotopic (exact) mass is 380 g/mol. The smallest absolute Gasteiger partial charge is 0.241 e. The van der Waals surface area contributed by atoms with Gasteiger partial charge in [-0.25, -0.2) is 13.1 Å². The van der Waals surface area contributed by atoms with Gasteiger partial charge in [0.1, 0.15) is 0 Å². The minimum Gasteiger partial charge on any atom is -0.378 e. The molecule has 1 heterocycles. The first kappa shape index (κ1) is 18.2. The molecule has 0 aromatic heterocycles. The van der Waals surface area contributed by atoms with Crippen LogP contribution in [0.3, 0.4) is 0 Å². The number of benzene rings is 2. The predicted molar refractivity (Wildman–Crippen MR) is 99.7 cm³/mol. The van der Waals surface area contributed by atoms with Crippen LogP contribution in [0, 0.1) is 0 Å². The maximum absolute atomic E-state index is 12.5. The standard InChI is InChI=1S/C18H21ClN2O3S/c1-14(20-25(22,23)18-8-4-16(19)5-9-18)15-2-6-17(7-3-15)21-10-12-24-13-11-21/h2-9,14,20H,10-13H2,1H3. The summed E-state index contributed by atoms with van der Waals surface area (Å²) in [4.78, 5) is 2.46. The summed E-state index contributed by atoms with van der Waals surface area (Å²) in [5.74, 6) is 0. The van der Waals surface area contributed by atoms with Gasteiger partial charge in [-0.3, -0.25) is 0 Å². The molecule has 5 nitrogen and oxygen atoms in total. The lowest BCUT2D eigenvalue weighted by molar-refractivity contribution is 0.122. The first-order valence-electron chi connectivity index (χ1n) is 8.16. The highest BCUT2D eigenvalue weighted by atomic mass is 35.5. The highest BCUT2D eigenvalue weighted by molar-refractivity contribution is 7.89. The summed E-state index contributed by atoms with van der Waals surface area (Å²) in [6, 6.07) is 13.8. The van der Waals surface area contributed by atoms with Crippen LogP contribution in [0.1, 0.15) is 18.5 Å². The van der Waals surface area contributed by atoms with Gasteiger partial charge >= 0.3 is 0 Å². The van der Waals surface area contributed by atoms with Crippen molar-refractivity contribution < 1.29 is 13.2 Å². The molecule has 25 heavy (non-hydrogen) atoms. The van der Waals surface area contributed by atoms with Crippen LogP contribution in [0.15, 0.2) is 53.4 Å². The van der Waals surface area contributed by atoms with Gasteiger partial charge in [0.15, 0.2) is 0 Å². The van der Waals surface area contributed by atoms with Crippen LogP contribution in [0.2, 0.25) is 5.02 Å². The third kappa shape index (κ3) is 4.52. The zero-order chi connectivity index (χ0) is 17.9. The Balaban J connectivity index is 1.70. The minimum absolute atomic E-state index is 0.202. The summed E-state index contributed by atoms with van der Waals surface area (Å²) in [5, 5.41) is 0.505. The Morgan fingerprint density at radius 2 is 1.64 bits per heavy atom. The van der Waals surface area contributed by atoms with E-state index in [1.165, 1.54) is 12.1 Å². The molecule has 0 amide bonds. The number of nitrogens with zero attached hydrogens (tertiary/aromatic N) is 1. The second kappa shape index (κ2) is 7.74. The fourth-order valence-corrected chi connectivity index (χ4v) is 4.14. The zero-order valence-corrected chi connectivity index (χ0v) is 15.6. The van der Waals surface area contributed by atoms with Crippen molar-refractivity contribution in [1.29, 1.82) is 0 Å². The van der Waals surface area contributed by atoms with Gasteiger partial charge in [0, 0.05) is 29.8 Å². The van der Waals surface area contributed by atoms with E-state index in [0.717, 1.165) is 37.6 Å². The molecule has 0 radical (unpaired) electrons. The van der Waals surface area contributed by atoms with E-state index in [2.05, 4.69) is 9.62 Å². The molecular weight excluding hydrogens is 360 g/mol. The third-order valence-corrected chi connectivity index (χ3v) is 6.03. The number of hydrogen-bond donors (Lipinski definition) is 1. The molecule has 1 fully saturated rings. The summed E-state index contributed by atoms with van der Waals surface area (Å²) in [5.41, 5.74) is 2.04. The van der Waals surface area contributed by atoms with E-state index in [-0.39, 0.29) is 10.9 Å². The van der Waals surface area contributed by atoms with E-state index in [1.54, 1.807) is 12.1 Å². The molecule has 1 aliphatic rings. The molecule has 2 aromatic rings. The van der Waals surface area contributed by atoms with Crippen molar-refractivity contribution in [3.05, 3.63) is 59.1 Å². The van der Waals surface area contributed by atoms with Gasteiger partial charge in [0.2, 0.25) is 10.0 Å². The third-order valence-electron chi connectivity index (χ3n) is 4.23. The second-order valence-corrected chi connectivity index (χ2v) is 8.14. The summed E-state index contributed by atoms with van der Waals surface area (Å²) in [6.07, 6.45) is 0. The molecule has 1 unspecified atom stereocenters. The maximum atomic E-state index is 12.5. The van der Waals surface area contributed by atoms with Gasteiger partial charge in [-0.1, -0.05) is 23.7 Å². The Bertz CT molecular complexity index is 801. The number of sulfonamides is 1. The maximum Gasteiger partial charge on any atom is 0.241 e. The Hall–Kier alpha value is -1.60. The lowest BCUT2D eigenvalue weighted by atomic mass is 10.1. The van der Waals surface area contributed by atoms with Crippen LogP contribution in [0.25, 0.3) is 0 Å². The fraction of sp³-hybridized carbons (Fsp3) is 0.333. The zero-order valence-electron chi connectivity index (χ0n) is 14.0. The molecule has 2 aromatic carbocycles. The predicted octanol–water partition coefficient (Wildman–Crippen LogP) is 3.22. The van der Waals surface area contributed by atoms with Crippen molar-refractivity contribution >= 4 is 27.3 Å². The number of ether oxygens (including phenoxy) is 1. The lowest BCUT2D eigenvalue weighted by Crippen LogP contribution is -2.36. The van der Waals surface area contributed by atoms with Crippen molar-refractivity contribution in [3.63, 3.8) is 0 Å². The summed E-state index contributed by atoms with van der Waals surface area (Å²) >= 11 is 5.82. The Labute approximate surface area is 153 Å². The summed E-state index contributed by atoms with van der Waals surface area (Å²) in [7, 11) is -3.59. The van der Waals surface area contributed by atoms with E-state index >= 15 is 0 Å². The van der Waals surface area contributed by atoms with Gasteiger partial charge < -0.3 is 9.64 Å². The molecule has 1 atom stereocenters. The molecule has 3 rings (SSSR count). The molecule has 0 aliphatic carbocycles. The molecule has 134 valence electrons. The quantitative estimate of drug-likeness (QED) is 0.865. The normalized spacial score (nSPS) is 16.6. The van der Waals surface area contributed by atoms with Gasteiger partial charge in [-0.2, -0.15) is 0 Å². The van der Waals surface area contributed by atoms with Crippen LogP contribution >= 0.6 is 11.6 Å². The van der Waals surface area contributed by atoms with Gasteiger partial charge in [0.05, 0.1) is 18.1 Å². The number of rotatable bonds is 5. The average molecular weight is 381 g/mol. The molecule has 1 N–H and O–H groups in total. The average Bonchev–Trinajstić information content (AvgIpc) is 2.62. The summed E-state index contributed by atoms with van der Waals surface area (Å²) < 4.78 is 33.0. The Morgan fingerprint density at radius 1 is 1.04 bits per heavy atom. The number of nitrogens with one attached hydrogen (secondary N) is 1. The SMILES string of the molecule is CC(NS(=O)(=O)c1ccc(Cl)cc1)c1ccc(N2CCOCC2)cc1. The highest BCUT2D eigenvalue weighted by Gasteiger charge is 2.19. The largest absolute Gasteiger partial charge is 0.378 e. The van der Waals surface area contributed by atoms with Crippen LogP contribution in [-0.2, 0) is 14.8 Å². The van der Waals surface area contributed by atoms with E-state index in [4.69, 9.17) is 16.3 Å². The fourth-order valence-electron chi connectivity index (χ4n) is 2.78. The molecule has 7 heteroatoms. The van der Waals surface area contributed by atoms with Crippen molar-refractivity contribution in [2.75, 3.05) is 31.2 Å². The lowest BCUT2D eigenvalue weighted by Gasteiger charge is -2.29. The molecular formula is C18H21ClN2O3S. The van der Waals surface area contributed by atoms with Crippen LogP contribution in [-0.4, -0.2) is 34.7 Å². The topological polar surface area (TPSA) is 58.6 Å². The van der Waals surface area contributed by atoms with Crippen LogP contribution in [0.4, 0.5) is 5.69 Å². The first-order chi connectivity index (χ1) is 12.0. The molecule has 1 aliphatic heterocycles. The molecule has 0 saturated carbocycles.